The van der Waals surface area contributed by atoms with Crippen LogP contribution in [0, 0.1) is 14.9 Å². The van der Waals surface area contributed by atoms with E-state index >= 15 is 0 Å². The van der Waals surface area contributed by atoms with Crippen LogP contribution in [0.4, 0.5) is 0 Å². The molecule has 0 heterocycles. The lowest BCUT2D eigenvalue weighted by Gasteiger charge is -2.10. The molecule has 0 unspecified atom stereocenters. The number of nitrogens with zero attached hydrogens (tertiary/aromatic N) is 1. The molecule has 1 aromatic rings. The summed E-state index contributed by atoms with van der Waals surface area (Å²) in [5.41, 5.74) is 0.521. The molecule has 0 radical (unpaired) electrons. The molecule has 15 heavy (non-hydrogen) atoms. The SMILES string of the molecule is CCCOc1c(I)cc(OC)cc1C#N. The maximum Gasteiger partial charge on any atom is 0.150 e. The number of methoxy groups -OCH3 is 1. The fourth-order valence-electron chi connectivity index (χ4n) is 1.12. The molecule has 0 aliphatic heterocycles. The Labute approximate surface area is 103 Å². The third-order valence-electron chi connectivity index (χ3n) is 1.82. The molecule has 0 saturated carbocycles. The summed E-state index contributed by atoms with van der Waals surface area (Å²) in [4.78, 5) is 0. The number of hydrogen-bond donors (Lipinski definition) is 0. The number of nitriles is 1. The minimum absolute atomic E-state index is 0.521. The van der Waals surface area contributed by atoms with Gasteiger partial charge in [0.15, 0.2) is 5.75 Å². The Morgan fingerprint density at radius 2 is 2.20 bits per heavy atom. The fraction of sp³-hybridized carbons (Fsp3) is 0.364. The van der Waals surface area contributed by atoms with Crippen LogP contribution in [0.5, 0.6) is 11.5 Å². The van der Waals surface area contributed by atoms with Crippen LogP contribution in [-0.2, 0) is 0 Å². The molecule has 0 saturated heterocycles. The van der Waals surface area contributed by atoms with Gasteiger partial charge in [0, 0.05) is 6.07 Å². The summed E-state index contributed by atoms with van der Waals surface area (Å²) in [5.74, 6) is 1.33. The quantitative estimate of drug-likeness (QED) is 0.802. The summed E-state index contributed by atoms with van der Waals surface area (Å²) in [5, 5.41) is 8.97. The van der Waals surface area contributed by atoms with Crippen molar-refractivity contribution >= 4 is 22.6 Å². The zero-order chi connectivity index (χ0) is 11.3. The summed E-state index contributed by atoms with van der Waals surface area (Å²) in [6, 6.07) is 5.65. The van der Waals surface area contributed by atoms with Crippen LogP contribution in [0.3, 0.4) is 0 Å². The first-order valence-corrected chi connectivity index (χ1v) is 5.71. The van der Waals surface area contributed by atoms with Crippen molar-refractivity contribution in [3.63, 3.8) is 0 Å². The molecule has 4 heteroatoms. The highest BCUT2D eigenvalue weighted by Gasteiger charge is 2.10. The lowest BCUT2D eigenvalue weighted by Crippen LogP contribution is -2.00. The first-order chi connectivity index (χ1) is 7.22. The Morgan fingerprint density at radius 1 is 1.47 bits per heavy atom. The third-order valence-corrected chi connectivity index (χ3v) is 2.63. The minimum atomic E-state index is 0.521. The molecule has 80 valence electrons. The highest BCUT2D eigenvalue weighted by Crippen LogP contribution is 2.30. The van der Waals surface area contributed by atoms with Crippen molar-refractivity contribution in [3.05, 3.63) is 21.3 Å². The van der Waals surface area contributed by atoms with E-state index in [1.54, 1.807) is 13.2 Å². The Balaban J connectivity index is 3.08. The Hall–Kier alpha value is -0.960. The van der Waals surface area contributed by atoms with E-state index in [9.17, 15) is 0 Å². The molecule has 0 aromatic heterocycles. The second-order valence-corrected chi connectivity index (χ2v) is 4.11. The number of rotatable bonds is 4. The second-order valence-electron chi connectivity index (χ2n) is 2.95. The van der Waals surface area contributed by atoms with Crippen LogP contribution in [0.25, 0.3) is 0 Å². The Morgan fingerprint density at radius 3 is 2.73 bits per heavy atom. The van der Waals surface area contributed by atoms with Crippen LogP contribution in [0.2, 0.25) is 0 Å². The van der Waals surface area contributed by atoms with Gasteiger partial charge < -0.3 is 9.47 Å². The topological polar surface area (TPSA) is 42.2 Å². The predicted molar refractivity (Wildman–Crippen MR) is 66.2 cm³/mol. The van der Waals surface area contributed by atoms with E-state index in [1.807, 2.05) is 13.0 Å². The van der Waals surface area contributed by atoms with E-state index in [2.05, 4.69) is 28.7 Å². The third kappa shape index (κ3) is 2.99. The Kier molecular flexibility index (Phi) is 4.69. The van der Waals surface area contributed by atoms with Crippen molar-refractivity contribution in [2.75, 3.05) is 13.7 Å². The van der Waals surface area contributed by atoms with Gasteiger partial charge in [0.25, 0.3) is 0 Å². The summed E-state index contributed by atoms with van der Waals surface area (Å²) < 4.78 is 11.5. The normalized spacial score (nSPS) is 9.47. The van der Waals surface area contributed by atoms with Gasteiger partial charge in [0.1, 0.15) is 11.8 Å². The standard InChI is InChI=1S/C11H12INO2/c1-3-4-15-11-8(7-13)5-9(14-2)6-10(11)12/h5-6H,3-4H2,1-2H3. The van der Waals surface area contributed by atoms with Gasteiger partial charge in [-0.05, 0) is 35.1 Å². The lowest BCUT2D eigenvalue weighted by molar-refractivity contribution is 0.313. The molecule has 1 aromatic carbocycles. The molecule has 0 fully saturated rings. The molecule has 0 aliphatic rings. The zero-order valence-electron chi connectivity index (χ0n) is 8.71. The molecule has 0 bridgehead atoms. The van der Waals surface area contributed by atoms with Gasteiger partial charge in [0.2, 0.25) is 0 Å². The average Bonchev–Trinajstić information content (AvgIpc) is 2.26. The van der Waals surface area contributed by atoms with Gasteiger partial charge >= 0.3 is 0 Å². The Bertz CT molecular complexity index is 385. The van der Waals surface area contributed by atoms with Crippen molar-refractivity contribution in [1.82, 2.24) is 0 Å². The number of benzene rings is 1. The summed E-state index contributed by atoms with van der Waals surface area (Å²) in [6.07, 6.45) is 0.924. The number of hydrogen-bond acceptors (Lipinski definition) is 3. The van der Waals surface area contributed by atoms with Gasteiger partial charge in [-0.3, -0.25) is 0 Å². The highest BCUT2D eigenvalue weighted by atomic mass is 127. The zero-order valence-corrected chi connectivity index (χ0v) is 10.9. The average molecular weight is 317 g/mol. The van der Waals surface area contributed by atoms with Gasteiger partial charge in [-0.2, -0.15) is 5.26 Å². The maximum absolute atomic E-state index is 8.97. The first kappa shape index (κ1) is 12.1. The van der Waals surface area contributed by atoms with Crippen molar-refractivity contribution in [2.24, 2.45) is 0 Å². The second kappa shape index (κ2) is 5.81. The van der Waals surface area contributed by atoms with Crippen LogP contribution >= 0.6 is 22.6 Å². The highest BCUT2D eigenvalue weighted by molar-refractivity contribution is 14.1. The lowest BCUT2D eigenvalue weighted by atomic mass is 10.2. The molecular formula is C11H12INO2. The number of ether oxygens (including phenoxy) is 2. The van der Waals surface area contributed by atoms with Crippen molar-refractivity contribution in [3.8, 4) is 17.6 Å². The molecule has 0 spiro atoms. The predicted octanol–water partition coefficient (Wildman–Crippen LogP) is 2.96. The minimum Gasteiger partial charge on any atom is -0.497 e. The van der Waals surface area contributed by atoms with Crippen LogP contribution in [0.1, 0.15) is 18.9 Å². The molecule has 0 aliphatic carbocycles. The molecular weight excluding hydrogens is 305 g/mol. The van der Waals surface area contributed by atoms with E-state index in [1.165, 1.54) is 0 Å². The van der Waals surface area contributed by atoms with Gasteiger partial charge in [0.05, 0.1) is 22.9 Å². The van der Waals surface area contributed by atoms with Crippen molar-refractivity contribution in [2.45, 2.75) is 13.3 Å². The fourth-order valence-corrected chi connectivity index (χ4v) is 1.87. The largest absolute Gasteiger partial charge is 0.497 e. The van der Waals surface area contributed by atoms with Gasteiger partial charge in [-0.1, -0.05) is 6.92 Å². The van der Waals surface area contributed by atoms with Gasteiger partial charge in [-0.25, -0.2) is 0 Å². The molecule has 3 nitrogen and oxygen atoms in total. The summed E-state index contributed by atoms with van der Waals surface area (Å²) in [6.45, 7) is 2.65. The molecule has 0 atom stereocenters. The smallest absolute Gasteiger partial charge is 0.150 e. The van der Waals surface area contributed by atoms with E-state index in [4.69, 9.17) is 14.7 Å². The van der Waals surface area contributed by atoms with Crippen molar-refractivity contribution < 1.29 is 9.47 Å². The van der Waals surface area contributed by atoms with Gasteiger partial charge in [-0.15, -0.1) is 0 Å². The summed E-state index contributed by atoms with van der Waals surface area (Å²) in [7, 11) is 1.58. The van der Waals surface area contributed by atoms with Crippen LogP contribution in [-0.4, -0.2) is 13.7 Å². The van der Waals surface area contributed by atoms with E-state index in [0.717, 1.165) is 9.99 Å². The van der Waals surface area contributed by atoms with Crippen molar-refractivity contribution in [1.29, 1.82) is 5.26 Å². The summed E-state index contributed by atoms with van der Waals surface area (Å²) >= 11 is 2.14. The monoisotopic (exact) mass is 317 g/mol. The molecule has 0 amide bonds. The van der Waals surface area contributed by atoms with E-state index in [-0.39, 0.29) is 0 Å². The van der Waals surface area contributed by atoms with Crippen LogP contribution < -0.4 is 9.47 Å². The molecule has 0 N–H and O–H groups in total. The van der Waals surface area contributed by atoms with E-state index < -0.39 is 0 Å². The van der Waals surface area contributed by atoms with E-state index in [0.29, 0.717) is 23.7 Å². The first-order valence-electron chi connectivity index (χ1n) is 4.63. The van der Waals surface area contributed by atoms with Crippen LogP contribution in [0.15, 0.2) is 12.1 Å². The number of halogens is 1. The molecule has 1 rings (SSSR count). The maximum atomic E-state index is 8.97.